The first kappa shape index (κ1) is 18.9. The van der Waals surface area contributed by atoms with E-state index in [1.165, 1.54) is 0 Å². The van der Waals surface area contributed by atoms with E-state index >= 15 is 0 Å². The topological polar surface area (TPSA) is 85.4 Å². The highest BCUT2D eigenvalue weighted by atomic mass is 16.6. The molecule has 3 rings (SSSR count). The first-order valence-electron chi connectivity index (χ1n) is 8.94. The van der Waals surface area contributed by atoms with Crippen LogP contribution in [0.2, 0.25) is 0 Å². The molecule has 0 aromatic rings. The second-order valence-electron chi connectivity index (χ2n) is 7.62. The second-order valence-corrected chi connectivity index (χ2v) is 7.62. The largest absolute Gasteiger partial charge is 0.458 e. The van der Waals surface area contributed by atoms with Gasteiger partial charge in [0, 0.05) is 24.0 Å². The van der Waals surface area contributed by atoms with Gasteiger partial charge in [0.25, 0.3) is 0 Å². The number of fused-ring (bicyclic) bond motifs is 2. The summed E-state index contributed by atoms with van der Waals surface area (Å²) in [6.45, 7) is 11.0. The molecule has 2 fully saturated rings. The van der Waals surface area contributed by atoms with Crippen LogP contribution in [0.15, 0.2) is 35.5 Å². The van der Waals surface area contributed by atoms with E-state index in [1.54, 1.807) is 32.9 Å². The number of hydrogen-bond acceptors (Lipinski definition) is 6. The van der Waals surface area contributed by atoms with E-state index in [9.17, 15) is 14.7 Å². The van der Waals surface area contributed by atoms with Crippen molar-refractivity contribution < 1.29 is 28.9 Å². The fourth-order valence-electron chi connectivity index (χ4n) is 3.70. The lowest BCUT2D eigenvalue weighted by atomic mass is 9.82. The van der Waals surface area contributed by atoms with Crippen LogP contribution in [0.4, 0.5) is 0 Å². The van der Waals surface area contributed by atoms with E-state index in [0.717, 1.165) is 0 Å². The Kier molecular flexibility index (Phi) is 4.84. The minimum absolute atomic E-state index is 0.118. The van der Waals surface area contributed by atoms with Gasteiger partial charge in [-0.1, -0.05) is 12.7 Å². The molecule has 6 nitrogen and oxygen atoms in total. The van der Waals surface area contributed by atoms with Gasteiger partial charge >= 0.3 is 11.9 Å². The van der Waals surface area contributed by atoms with Crippen molar-refractivity contribution in [3.8, 4) is 0 Å². The molecule has 1 aliphatic carbocycles. The summed E-state index contributed by atoms with van der Waals surface area (Å²) in [5, 5.41) is 10.4. The maximum atomic E-state index is 12.4. The third-order valence-corrected chi connectivity index (χ3v) is 5.71. The molecule has 6 atom stereocenters. The molecule has 1 N–H and O–H groups in total. The average Bonchev–Trinajstić information content (AvgIpc) is 3.11. The third-order valence-electron chi connectivity index (χ3n) is 5.71. The van der Waals surface area contributed by atoms with Crippen LogP contribution in [0, 0.1) is 5.92 Å². The normalized spacial score (nSPS) is 42.1. The fourth-order valence-corrected chi connectivity index (χ4v) is 3.70. The van der Waals surface area contributed by atoms with Crippen LogP contribution in [-0.4, -0.2) is 47.1 Å². The first-order valence-corrected chi connectivity index (χ1v) is 8.94. The van der Waals surface area contributed by atoms with Gasteiger partial charge in [-0.3, -0.25) is 0 Å². The van der Waals surface area contributed by atoms with Crippen molar-refractivity contribution in [1.29, 1.82) is 0 Å². The molecule has 0 spiro atoms. The molecule has 0 bridgehead atoms. The number of aliphatic hydroxyl groups excluding tert-OH is 1. The Morgan fingerprint density at radius 2 is 2.19 bits per heavy atom. The van der Waals surface area contributed by atoms with Gasteiger partial charge < -0.3 is 19.3 Å². The van der Waals surface area contributed by atoms with E-state index < -0.39 is 41.8 Å². The molecule has 0 aromatic carbocycles. The zero-order valence-electron chi connectivity index (χ0n) is 15.7. The van der Waals surface area contributed by atoms with Crippen molar-refractivity contribution in [1.82, 2.24) is 0 Å². The van der Waals surface area contributed by atoms with Crippen molar-refractivity contribution in [3.63, 3.8) is 0 Å². The number of esters is 2. The molecule has 0 radical (unpaired) electrons. The van der Waals surface area contributed by atoms with Gasteiger partial charge in [0.1, 0.15) is 12.2 Å². The number of carbonyl (C=O) groups excluding carboxylic acids is 2. The molecule has 0 saturated carbocycles. The van der Waals surface area contributed by atoms with Gasteiger partial charge in [-0.05, 0) is 39.3 Å². The molecule has 0 amide bonds. The molecular formula is C20H26O6. The highest BCUT2D eigenvalue weighted by molar-refractivity contribution is 5.92. The number of aliphatic hydroxyl groups is 1. The Hall–Kier alpha value is -1.92. The van der Waals surface area contributed by atoms with E-state index in [2.05, 4.69) is 6.58 Å². The average molecular weight is 362 g/mol. The minimum atomic E-state index is -0.667. The summed E-state index contributed by atoms with van der Waals surface area (Å²) in [6.07, 6.45) is 2.29. The number of hydrogen-bond donors (Lipinski definition) is 1. The van der Waals surface area contributed by atoms with E-state index in [-0.39, 0.29) is 11.7 Å². The van der Waals surface area contributed by atoms with Crippen LogP contribution in [0.5, 0.6) is 0 Å². The molecule has 142 valence electrons. The lowest BCUT2D eigenvalue weighted by Gasteiger charge is -2.29. The number of carbonyl (C=O) groups is 2. The molecular weight excluding hydrogens is 336 g/mol. The summed E-state index contributed by atoms with van der Waals surface area (Å²) < 4.78 is 17.0. The fraction of sp³-hybridized carbons (Fsp3) is 0.600. The summed E-state index contributed by atoms with van der Waals surface area (Å²) >= 11 is 0. The predicted octanol–water partition coefficient (Wildman–Crippen LogP) is 2.22. The lowest BCUT2D eigenvalue weighted by Crippen LogP contribution is -2.37. The van der Waals surface area contributed by atoms with Gasteiger partial charge in [0.15, 0.2) is 0 Å². The summed E-state index contributed by atoms with van der Waals surface area (Å²) in [6, 6.07) is 0. The second kappa shape index (κ2) is 6.67. The minimum Gasteiger partial charge on any atom is -0.458 e. The molecule has 6 heteroatoms. The molecule has 2 aliphatic heterocycles. The van der Waals surface area contributed by atoms with Crippen molar-refractivity contribution >= 4 is 11.9 Å². The van der Waals surface area contributed by atoms with Crippen LogP contribution in [0.25, 0.3) is 0 Å². The van der Waals surface area contributed by atoms with Crippen molar-refractivity contribution in [2.24, 2.45) is 5.92 Å². The van der Waals surface area contributed by atoms with Crippen LogP contribution in [0.1, 0.15) is 40.5 Å². The quantitative estimate of drug-likeness (QED) is 0.351. The van der Waals surface area contributed by atoms with Crippen LogP contribution in [-0.2, 0) is 23.8 Å². The van der Waals surface area contributed by atoms with Crippen molar-refractivity contribution in [3.05, 3.63) is 35.5 Å². The summed E-state index contributed by atoms with van der Waals surface area (Å²) in [4.78, 5) is 24.5. The number of ether oxygens (including phenoxy) is 3. The van der Waals surface area contributed by atoms with Crippen LogP contribution in [0.3, 0.4) is 0 Å². The highest BCUT2D eigenvalue weighted by Gasteiger charge is 2.57. The highest BCUT2D eigenvalue weighted by Crippen LogP contribution is 2.47. The molecule has 0 unspecified atom stereocenters. The SMILES string of the molecule is C=C1C(=O)O[C@@H]2/C=C(\C)[C@@H](O)C[C@H]3O[C@]3(C)C[C@@H](OC(=O)/C(C)=C\C)[C@@H]12. The Morgan fingerprint density at radius 1 is 1.50 bits per heavy atom. The molecule has 0 aromatic heterocycles. The Labute approximate surface area is 153 Å². The van der Waals surface area contributed by atoms with Crippen molar-refractivity contribution in [2.75, 3.05) is 0 Å². The van der Waals surface area contributed by atoms with Crippen LogP contribution < -0.4 is 0 Å². The maximum absolute atomic E-state index is 12.4. The van der Waals surface area contributed by atoms with Gasteiger partial charge in [0.2, 0.25) is 0 Å². The lowest BCUT2D eigenvalue weighted by molar-refractivity contribution is -0.148. The smallest absolute Gasteiger partial charge is 0.334 e. The Balaban J connectivity index is 1.98. The van der Waals surface area contributed by atoms with Gasteiger partial charge in [-0.25, -0.2) is 9.59 Å². The monoisotopic (exact) mass is 362 g/mol. The van der Waals surface area contributed by atoms with E-state index in [0.29, 0.717) is 24.0 Å². The summed E-state index contributed by atoms with van der Waals surface area (Å²) in [7, 11) is 0. The predicted molar refractivity (Wildman–Crippen MR) is 94.1 cm³/mol. The Morgan fingerprint density at radius 3 is 2.85 bits per heavy atom. The zero-order valence-corrected chi connectivity index (χ0v) is 15.7. The van der Waals surface area contributed by atoms with Gasteiger partial charge in [-0.2, -0.15) is 0 Å². The van der Waals surface area contributed by atoms with Crippen LogP contribution >= 0.6 is 0 Å². The number of rotatable bonds is 2. The summed E-state index contributed by atoms with van der Waals surface area (Å²) in [5.41, 5.74) is 0.974. The van der Waals surface area contributed by atoms with Gasteiger partial charge in [0.05, 0.1) is 23.7 Å². The maximum Gasteiger partial charge on any atom is 0.334 e. The molecule has 26 heavy (non-hydrogen) atoms. The molecule has 2 heterocycles. The Bertz CT molecular complexity index is 705. The third kappa shape index (κ3) is 3.35. The number of epoxide rings is 1. The molecule has 2 saturated heterocycles. The standard InChI is InChI=1S/C20H26O6/c1-6-10(2)18(22)25-15-9-20(5)16(26-20)8-13(21)11(3)7-14-17(15)12(4)19(23)24-14/h6-7,13-17,21H,4,8-9H2,1-3,5H3/b10-6-,11-7+/t13-,14+,15+,16+,17-,20+/m0/s1. The molecule has 3 aliphatic rings. The van der Waals surface area contributed by atoms with E-state index in [1.807, 2.05) is 6.92 Å². The van der Waals surface area contributed by atoms with Gasteiger partial charge in [-0.15, -0.1) is 0 Å². The van der Waals surface area contributed by atoms with E-state index in [4.69, 9.17) is 14.2 Å². The summed E-state index contributed by atoms with van der Waals surface area (Å²) in [5.74, 6) is -1.43. The number of allylic oxidation sites excluding steroid dienone is 1. The first-order chi connectivity index (χ1) is 12.2. The zero-order chi connectivity index (χ0) is 19.2. The van der Waals surface area contributed by atoms with Crippen molar-refractivity contribution in [2.45, 2.75) is 70.6 Å².